The molecule has 2 fully saturated rings. The van der Waals surface area contributed by atoms with E-state index in [4.69, 9.17) is 5.73 Å². The van der Waals surface area contributed by atoms with E-state index >= 15 is 0 Å². The van der Waals surface area contributed by atoms with Gasteiger partial charge < -0.3 is 11.1 Å². The number of rotatable bonds is 2. The van der Waals surface area contributed by atoms with Gasteiger partial charge in [-0.05, 0) is 56.6 Å². The summed E-state index contributed by atoms with van der Waals surface area (Å²) in [5.74, 6) is 1.07. The molecule has 1 aromatic carbocycles. The van der Waals surface area contributed by atoms with Gasteiger partial charge in [-0.1, -0.05) is 24.6 Å². The Morgan fingerprint density at radius 1 is 1.12 bits per heavy atom. The molecule has 2 aliphatic rings. The van der Waals surface area contributed by atoms with E-state index in [-0.39, 0.29) is 36.8 Å². The maximum absolute atomic E-state index is 13.0. The van der Waals surface area contributed by atoms with E-state index in [0.29, 0.717) is 23.4 Å². The Labute approximate surface area is 167 Å². The maximum atomic E-state index is 13.0. The SMILES string of the molecule is Cc1ccc2cccc(C(=O)NC3C4CCCC3CC(N)C4)c2n1.Cl.Cl. The highest BCUT2D eigenvalue weighted by Gasteiger charge is 2.40. The van der Waals surface area contributed by atoms with Gasteiger partial charge in [-0.3, -0.25) is 9.78 Å². The molecule has 26 heavy (non-hydrogen) atoms. The van der Waals surface area contributed by atoms with Crippen molar-refractivity contribution in [3.8, 4) is 0 Å². The van der Waals surface area contributed by atoms with Crippen molar-refractivity contribution in [3.63, 3.8) is 0 Å². The van der Waals surface area contributed by atoms with Gasteiger partial charge in [-0.25, -0.2) is 0 Å². The molecule has 1 aromatic heterocycles. The molecule has 3 N–H and O–H groups in total. The number of nitrogens with two attached hydrogens (primary N) is 1. The van der Waals surface area contributed by atoms with Crippen molar-refractivity contribution in [2.24, 2.45) is 17.6 Å². The van der Waals surface area contributed by atoms with Crippen molar-refractivity contribution in [1.29, 1.82) is 0 Å². The van der Waals surface area contributed by atoms with Crippen LogP contribution in [0.3, 0.4) is 0 Å². The van der Waals surface area contributed by atoms with Gasteiger partial charge in [0.2, 0.25) is 0 Å². The minimum absolute atomic E-state index is 0. The van der Waals surface area contributed by atoms with Crippen LogP contribution >= 0.6 is 24.8 Å². The third-order valence-electron chi connectivity index (χ3n) is 5.78. The van der Waals surface area contributed by atoms with Crippen LogP contribution in [0.2, 0.25) is 0 Å². The Bertz CT molecular complexity index is 769. The van der Waals surface area contributed by atoms with Crippen molar-refractivity contribution in [2.45, 2.75) is 51.1 Å². The first-order chi connectivity index (χ1) is 11.6. The normalized spacial score (nSPS) is 27.2. The molecule has 2 unspecified atom stereocenters. The predicted molar refractivity (Wildman–Crippen MR) is 110 cm³/mol. The number of fused-ring (bicyclic) bond motifs is 3. The third kappa shape index (κ3) is 3.98. The van der Waals surface area contributed by atoms with Gasteiger partial charge in [0.15, 0.2) is 0 Å². The van der Waals surface area contributed by atoms with E-state index in [0.717, 1.165) is 29.4 Å². The van der Waals surface area contributed by atoms with Gasteiger partial charge in [-0.15, -0.1) is 24.8 Å². The van der Waals surface area contributed by atoms with Gasteiger partial charge >= 0.3 is 0 Å². The number of hydrogen-bond donors (Lipinski definition) is 2. The highest BCUT2D eigenvalue weighted by atomic mass is 35.5. The number of aromatic nitrogens is 1. The number of carbonyl (C=O) groups is 1. The largest absolute Gasteiger partial charge is 0.349 e. The molecule has 4 rings (SSSR count). The van der Waals surface area contributed by atoms with Crippen LogP contribution in [0.4, 0.5) is 0 Å². The van der Waals surface area contributed by atoms with Crippen LogP contribution in [-0.4, -0.2) is 23.0 Å². The molecule has 6 heteroatoms. The van der Waals surface area contributed by atoms with Crippen LogP contribution in [0.5, 0.6) is 0 Å². The molecule has 2 bridgehead atoms. The summed E-state index contributed by atoms with van der Waals surface area (Å²) in [4.78, 5) is 17.6. The smallest absolute Gasteiger partial charge is 0.253 e. The summed E-state index contributed by atoms with van der Waals surface area (Å²) in [5.41, 5.74) is 8.61. The van der Waals surface area contributed by atoms with Crippen LogP contribution in [0.1, 0.15) is 48.2 Å². The van der Waals surface area contributed by atoms with Crippen LogP contribution in [0.15, 0.2) is 30.3 Å². The first-order valence-corrected chi connectivity index (χ1v) is 9.04. The molecule has 1 amide bonds. The molecule has 2 aliphatic carbocycles. The lowest BCUT2D eigenvalue weighted by Crippen LogP contribution is -2.53. The van der Waals surface area contributed by atoms with Gasteiger partial charge in [0, 0.05) is 23.2 Å². The number of aryl methyl sites for hydroxylation is 1. The number of amides is 1. The van der Waals surface area contributed by atoms with Crippen molar-refractivity contribution in [2.75, 3.05) is 0 Å². The van der Waals surface area contributed by atoms with Gasteiger partial charge in [0.1, 0.15) is 0 Å². The summed E-state index contributed by atoms with van der Waals surface area (Å²) >= 11 is 0. The molecule has 2 aromatic rings. The maximum Gasteiger partial charge on any atom is 0.253 e. The van der Waals surface area contributed by atoms with Gasteiger partial charge in [-0.2, -0.15) is 0 Å². The quantitative estimate of drug-likeness (QED) is 0.806. The van der Waals surface area contributed by atoms with E-state index in [2.05, 4.69) is 10.3 Å². The minimum atomic E-state index is 0. The molecule has 1 heterocycles. The summed E-state index contributed by atoms with van der Waals surface area (Å²) in [6.45, 7) is 1.96. The van der Waals surface area contributed by atoms with E-state index in [1.165, 1.54) is 19.3 Å². The molecule has 142 valence electrons. The Morgan fingerprint density at radius 2 is 1.81 bits per heavy atom. The molecule has 0 radical (unpaired) electrons. The summed E-state index contributed by atoms with van der Waals surface area (Å²) < 4.78 is 0. The standard InChI is InChI=1S/C20H25N3O.2ClH/c1-12-8-9-13-4-3-7-17(19(13)22-12)20(24)23-18-14-5-2-6-15(18)11-16(21)10-14;;/h3-4,7-9,14-16,18H,2,5-6,10-11,21H2,1H3,(H,23,24);2*1H. The number of nitrogens with zero attached hydrogens (tertiary/aromatic N) is 1. The highest BCUT2D eigenvalue weighted by molar-refractivity contribution is 6.05. The van der Waals surface area contributed by atoms with Crippen LogP contribution < -0.4 is 11.1 Å². The number of benzene rings is 1. The second-order valence-electron chi connectivity index (χ2n) is 7.51. The lowest BCUT2D eigenvalue weighted by molar-refractivity contribution is 0.0757. The predicted octanol–water partition coefficient (Wildman–Crippen LogP) is 4.02. The Morgan fingerprint density at radius 3 is 2.50 bits per heavy atom. The molecule has 4 nitrogen and oxygen atoms in total. The average molecular weight is 396 g/mol. The number of pyridine rings is 1. The van der Waals surface area contributed by atoms with E-state index in [1.54, 1.807) is 0 Å². The van der Waals surface area contributed by atoms with E-state index in [9.17, 15) is 4.79 Å². The summed E-state index contributed by atoms with van der Waals surface area (Å²) in [5, 5.41) is 4.35. The summed E-state index contributed by atoms with van der Waals surface area (Å²) in [6, 6.07) is 10.4. The van der Waals surface area contributed by atoms with Crippen molar-refractivity contribution in [1.82, 2.24) is 10.3 Å². The second-order valence-corrected chi connectivity index (χ2v) is 7.51. The molecule has 2 saturated carbocycles. The number of nitrogens with one attached hydrogen (secondary N) is 1. The van der Waals surface area contributed by atoms with Crippen molar-refractivity contribution < 1.29 is 4.79 Å². The zero-order valence-corrected chi connectivity index (χ0v) is 16.6. The summed E-state index contributed by atoms with van der Waals surface area (Å²) in [6.07, 6.45) is 5.70. The van der Waals surface area contributed by atoms with Crippen LogP contribution in [0, 0.1) is 18.8 Å². The van der Waals surface area contributed by atoms with Gasteiger partial charge in [0.25, 0.3) is 5.91 Å². The molecule has 0 spiro atoms. The number of hydrogen-bond acceptors (Lipinski definition) is 3. The second kappa shape index (κ2) is 8.55. The zero-order chi connectivity index (χ0) is 16.7. The van der Waals surface area contributed by atoms with E-state index < -0.39 is 0 Å². The number of carbonyl (C=O) groups excluding carboxylic acids is 1. The summed E-state index contributed by atoms with van der Waals surface area (Å²) in [7, 11) is 0. The number of para-hydroxylation sites is 1. The topological polar surface area (TPSA) is 68.0 Å². The molecular formula is C20H27Cl2N3O. The Hall–Kier alpha value is -1.36. The third-order valence-corrected chi connectivity index (χ3v) is 5.78. The lowest BCUT2D eigenvalue weighted by atomic mass is 9.67. The molecule has 0 saturated heterocycles. The Balaban J connectivity index is 0.00000121. The van der Waals surface area contributed by atoms with Gasteiger partial charge in [0.05, 0.1) is 11.1 Å². The van der Waals surface area contributed by atoms with Crippen LogP contribution in [-0.2, 0) is 0 Å². The Kier molecular flexibility index (Phi) is 6.89. The fraction of sp³-hybridized carbons (Fsp3) is 0.500. The fourth-order valence-electron chi connectivity index (χ4n) is 4.68. The fourth-order valence-corrected chi connectivity index (χ4v) is 4.68. The first kappa shape index (κ1) is 20.9. The molecular weight excluding hydrogens is 369 g/mol. The zero-order valence-electron chi connectivity index (χ0n) is 15.0. The van der Waals surface area contributed by atoms with Crippen molar-refractivity contribution >= 4 is 41.6 Å². The minimum Gasteiger partial charge on any atom is -0.349 e. The molecule has 0 aliphatic heterocycles. The number of halogens is 2. The lowest BCUT2D eigenvalue weighted by Gasteiger charge is -2.45. The first-order valence-electron chi connectivity index (χ1n) is 9.04. The highest BCUT2D eigenvalue weighted by Crippen LogP contribution is 2.39. The average Bonchev–Trinajstić information content (AvgIpc) is 2.55. The van der Waals surface area contributed by atoms with Crippen molar-refractivity contribution in [3.05, 3.63) is 41.6 Å². The monoisotopic (exact) mass is 395 g/mol. The molecule has 2 atom stereocenters. The van der Waals surface area contributed by atoms with Crippen LogP contribution in [0.25, 0.3) is 10.9 Å². The van der Waals surface area contributed by atoms with E-state index in [1.807, 2.05) is 37.3 Å².